The highest BCUT2D eigenvalue weighted by Gasteiger charge is 2.28. The Morgan fingerprint density at radius 3 is 2.54 bits per heavy atom. The molecule has 0 saturated carbocycles. The Morgan fingerprint density at radius 2 is 1.75 bits per heavy atom. The molecule has 3 aromatic rings. The van der Waals surface area contributed by atoms with Crippen molar-refractivity contribution in [2.75, 3.05) is 11.9 Å². The molecule has 2 aromatic carbocycles. The Hall–Kier alpha value is -3.06. The van der Waals surface area contributed by atoms with Gasteiger partial charge in [0.05, 0.1) is 15.9 Å². The summed E-state index contributed by atoms with van der Waals surface area (Å²) >= 11 is 1.58. The van der Waals surface area contributed by atoms with Gasteiger partial charge in [0.1, 0.15) is 5.01 Å². The summed E-state index contributed by atoms with van der Waals surface area (Å²) < 4.78 is 1.10. The van der Waals surface area contributed by atoms with Crippen molar-refractivity contribution in [2.45, 2.75) is 25.7 Å². The molecule has 6 nitrogen and oxygen atoms in total. The van der Waals surface area contributed by atoms with Crippen LogP contribution < -0.4 is 5.32 Å². The number of likely N-dealkylation sites (tertiary alicyclic amines) is 1. The van der Waals surface area contributed by atoms with Gasteiger partial charge in [0.2, 0.25) is 17.7 Å². The van der Waals surface area contributed by atoms with Crippen LogP contribution in [0.3, 0.4) is 0 Å². The van der Waals surface area contributed by atoms with Crippen molar-refractivity contribution in [3.63, 3.8) is 0 Å². The van der Waals surface area contributed by atoms with Gasteiger partial charge in [0.15, 0.2) is 0 Å². The lowest BCUT2D eigenvalue weighted by Crippen LogP contribution is -2.30. The van der Waals surface area contributed by atoms with Crippen LogP contribution in [-0.4, -0.2) is 34.2 Å². The molecule has 0 atom stereocenters. The summed E-state index contributed by atoms with van der Waals surface area (Å²) in [6.07, 6.45) is 1.25. The largest absolute Gasteiger partial charge is 0.325 e. The van der Waals surface area contributed by atoms with Gasteiger partial charge in [-0.2, -0.15) is 0 Å². The molecule has 2 heterocycles. The van der Waals surface area contributed by atoms with Crippen LogP contribution in [0.15, 0.2) is 48.5 Å². The summed E-state index contributed by atoms with van der Waals surface area (Å²) in [6, 6.07) is 15.5. The van der Waals surface area contributed by atoms with Crippen LogP contribution in [0.4, 0.5) is 5.69 Å². The second kappa shape index (κ2) is 7.90. The zero-order valence-electron chi connectivity index (χ0n) is 15.2. The SMILES string of the molecule is O=C(CCCN1C(=O)CCC1=O)Nc1ccccc1-c1nc2ccccc2s1. The van der Waals surface area contributed by atoms with Crippen molar-refractivity contribution in [3.05, 3.63) is 48.5 Å². The van der Waals surface area contributed by atoms with Crippen molar-refractivity contribution < 1.29 is 14.4 Å². The fourth-order valence-corrected chi connectivity index (χ4v) is 4.25. The lowest BCUT2D eigenvalue weighted by molar-refractivity contribution is -0.138. The van der Waals surface area contributed by atoms with Gasteiger partial charge >= 0.3 is 0 Å². The summed E-state index contributed by atoms with van der Waals surface area (Å²) in [5, 5.41) is 3.79. The van der Waals surface area contributed by atoms with E-state index in [-0.39, 0.29) is 37.0 Å². The smallest absolute Gasteiger partial charge is 0.229 e. The monoisotopic (exact) mass is 393 g/mol. The number of carbonyl (C=O) groups is 3. The third-order valence-electron chi connectivity index (χ3n) is 4.67. The number of thiazole rings is 1. The molecule has 0 unspecified atom stereocenters. The summed E-state index contributed by atoms with van der Waals surface area (Å²) in [6.45, 7) is 0.296. The van der Waals surface area contributed by atoms with Crippen LogP contribution in [0.25, 0.3) is 20.8 Å². The molecular weight excluding hydrogens is 374 g/mol. The zero-order valence-corrected chi connectivity index (χ0v) is 16.0. The number of carbonyl (C=O) groups excluding carboxylic acids is 3. The minimum atomic E-state index is -0.147. The molecule has 0 aliphatic carbocycles. The van der Waals surface area contributed by atoms with E-state index in [1.165, 1.54) is 4.90 Å². The Labute approximate surface area is 166 Å². The second-order valence-electron chi connectivity index (χ2n) is 6.62. The average Bonchev–Trinajstić information content (AvgIpc) is 3.26. The van der Waals surface area contributed by atoms with Gasteiger partial charge in [0, 0.05) is 31.4 Å². The lowest BCUT2D eigenvalue weighted by Gasteiger charge is -2.13. The van der Waals surface area contributed by atoms with Crippen molar-refractivity contribution >= 4 is 45.0 Å². The first-order valence-corrected chi connectivity index (χ1v) is 10.0. The van der Waals surface area contributed by atoms with Crippen molar-refractivity contribution in [2.24, 2.45) is 0 Å². The van der Waals surface area contributed by atoms with E-state index in [1.807, 2.05) is 48.5 Å². The number of fused-ring (bicyclic) bond motifs is 1. The first-order chi connectivity index (χ1) is 13.6. The summed E-state index contributed by atoms with van der Waals surface area (Å²) in [5.74, 6) is -0.439. The first kappa shape index (κ1) is 18.3. The molecule has 7 heteroatoms. The van der Waals surface area contributed by atoms with Crippen LogP contribution in [-0.2, 0) is 14.4 Å². The Bertz CT molecular complexity index is 1010. The van der Waals surface area contributed by atoms with Gasteiger partial charge in [-0.25, -0.2) is 4.98 Å². The molecule has 1 aliphatic rings. The second-order valence-corrected chi connectivity index (χ2v) is 7.65. The summed E-state index contributed by atoms with van der Waals surface area (Å²) in [4.78, 5) is 41.6. The van der Waals surface area contributed by atoms with Crippen LogP contribution >= 0.6 is 11.3 Å². The van der Waals surface area contributed by atoms with Crippen LogP contribution in [0.5, 0.6) is 0 Å². The van der Waals surface area contributed by atoms with E-state index in [4.69, 9.17) is 0 Å². The standard InChI is InChI=1S/C21H19N3O3S/c25-18(10-5-13-24-19(26)11-12-20(24)27)22-15-7-2-1-6-14(15)21-23-16-8-3-4-9-17(16)28-21/h1-4,6-9H,5,10-13H2,(H,22,25). The van der Waals surface area contributed by atoms with Gasteiger partial charge < -0.3 is 5.32 Å². The van der Waals surface area contributed by atoms with E-state index in [9.17, 15) is 14.4 Å². The quantitative estimate of drug-likeness (QED) is 0.646. The van der Waals surface area contributed by atoms with Crippen molar-refractivity contribution in [3.8, 4) is 10.6 Å². The predicted molar refractivity (Wildman–Crippen MR) is 109 cm³/mol. The number of imide groups is 1. The fourth-order valence-electron chi connectivity index (χ4n) is 3.25. The highest BCUT2D eigenvalue weighted by atomic mass is 32.1. The topological polar surface area (TPSA) is 79.4 Å². The maximum Gasteiger partial charge on any atom is 0.229 e. The molecule has 1 aliphatic heterocycles. The van der Waals surface area contributed by atoms with Crippen molar-refractivity contribution in [1.29, 1.82) is 0 Å². The normalized spacial score (nSPS) is 14.1. The molecule has 142 valence electrons. The fraction of sp³-hybridized carbons (Fsp3) is 0.238. The van der Waals surface area contributed by atoms with Crippen LogP contribution in [0, 0.1) is 0 Å². The summed E-state index contributed by atoms with van der Waals surface area (Å²) in [5.41, 5.74) is 2.52. The number of aromatic nitrogens is 1. The molecule has 1 N–H and O–H groups in total. The van der Waals surface area contributed by atoms with Crippen molar-refractivity contribution in [1.82, 2.24) is 9.88 Å². The van der Waals surface area contributed by atoms with E-state index in [1.54, 1.807) is 11.3 Å². The molecule has 28 heavy (non-hydrogen) atoms. The van der Waals surface area contributed by atoms with Gasteiger partial charge in [-0.15, -0.1) is 11.3 Å². The number of hydrogen-bond donors (Lipinski definition) is 1. The molecule has 1 aromatic heterocycles. The molecule has 3 amide bonds. The number of benzene rings is 2. The molecule has 1 fully saturated rings. The van der Waals surface area contributed by atoms with Gasteiger partial charge in [-0.3, -0.25) is 19.3 Å². The maximum absolute atomic E-state index is 12.4. The molecule has 0 spiro atoms. The maximum atomic E-state index is 12.4. The molecule has 0 radical (unpaired) electrons. The molecule has 1 saturated heterocycles. The minimum absolute atomic E-state index is 0.146. The number of para-hydroxylation sites is 2. The molecule has 4 rings (SSSR count). The molecular formula is C21H19N3O3S. The third-order valence-corrected chi connectivity index (χ3v) is 5.74. The van der Waals surface area contributed by atoms with E-state index in [2.05, 4.69) is 10.3 Å². The average molecular weight is 393 g/mol. The van der Waals surface area contributed by atoms with Gasteiger partial charge in [0.25, 0.3) is 0 Å². The number of anilines is 1. The zero-order chi connectivity index (χ0) is 19.5. The minimum Gasteiger partial charge on any atom is -0.325 e. The highest BCUT2D eigenvalue weighted by molar-refractivity contribution is 7.21. The number of rotatable bonds is 6. The predicted octanol–water partition coefficient (Wildman–Crippen LogP) is 3.83. The highest BCUT2D eigenvalue weighted by Crippen LogP contribution is 2.34. The number of hydrogen-bond acceptors (Lipinski definition) is 5. The Balaban J connectivity index is 1.43. The van der Waals surface area contributed by atoms with E-state index < -0.39 is 0 Å². The number of amides is 3. The molecule has 0 bridgehead atoms. The number of nitrogens with one attached hydrogen (secondary N) is 1. The van der Waals surface area contributed by atoms with E-state index in [0.717, 1.165) is 20.8 Å². The Kier molecular flexibility index (Phi) is 5.16. The van der Waals surface area contributed by atoms with E-state index in [0.29, 0.717) is 18.7 Å². The van der Waals surface area contributed by atoms with Crippen LogP contribution in [0.1, 0.15) is 25.7 Å². The Morgan fingerprint density at radius 1 is 1.04 bits per heavy atom. The third kappa shape index (κ3) is 3.80. The van der Waals surface area contributed by atoms with Gasteiger partial charge in [-0.05, 0) is 30.7 Å². The summed E-state index contributed by atoms with van der Waals surface area (Å²) in [7, 11) is 0. The van der Waals surface area contributed by atoms with Crippen LogP contribution in [0.2, 0.25) is 0 Å². The first-order valence-electron chi connectivity index (χ1n) is 9.20. The van der Waals surface area contributed by atoms with Gasteiger partial charge in [-0.1, -0.05) is 24.3 Å². The lowest BCUT2D eigenvalue weighted by atomic mass is 10.1. The number of nitrogens with zero attached hydrogens (tertiary/aromatic N) is 2. The van der Waals surface area contributed by atoms with E-state index >= 15 is 0 Å².